The summed E-state index contributed by atoms with van der Waals surface area (Å²) in [6.07, 6.45) is -1.34. The molecule has 2 aromatic rings. The maximum atomic E-state index is 12.7. The molecule has 2 aromatic carbocycles. The van der Waals surface area contributed by atoms with Crippen molar-refractivity contribution < 1.29 is 22.1 Å². The van der Waals surface area contributed by atoms with Crippen molar-refractivity contribution in [2.45, 2.75) is 51.9 Å². The summed E-state index contributed by atoms with van der Waals surface area (Å²) < 4.78 is 36.9. The van der Waals surface area contributed by atoms with Crippen LogP contribution in [0.25, 0.3) is 0 Å². The molecular formula is C21H25NO5S. The summed E-state index contributed by atoms with van der Waals surface area (Å²) in [5.74, 6) is 0. The Hall–Kier alpha value is -2.38. The molecule has 150 valence electrons. The van der Waals surface area contributed by atoms with E-state index in [0.29, 0.717) is 12.0 Å². The average molecular weight is 404 g/mol. The van der Waals surface area contributed by atoms with Crippen molar-refractivity contribution in [3.05, 3.63) is 71.3 Å². The van der Waals surface area contributed by atoms with Crippen LogP contribution in [0.5, 0.6) is 0 Å². The Balaban J connectivity index is 2.00. The van der Waals surface area contributed by atoms with Crippen LogP contribution in [0.3, 0.4) is 0 Å². The summed E-state index contributed by atoms with van der Waals surface area (Å²) in [6.45, 7) is 7.05. The summed E-state index contributed by atoms with van der Waals surface area (Å²) >= 11 is 0. The molecule has 1 amide bonds. The molecule has 1 fully saturated rings. The molecule has 0 unspecified atom stereocenters. The number of nitrogens with zero attached hydrogens (tertiary/aromatic N) is 1. The lowest BCUT2D eigenvalue weighted by Crippen LogP contribution is -2.40. The van der Waals surface area contributed by atoms with Crippen LogP contribution in [0.4, 0.5) is 4.79 Å². The monoisotopic (exact) mass is 403 g/mol. The number of benzene rings is 2. The molecule has 6 nitrogen and oxygen atoms in total. The Morgan fingerprint density at radius 2 is 1.68 bits per heavy atom. The van der Waals surface area contributed by atoms with Gasteiger partial charge in [0.05, 0.1) is 0 Å². The van der Waals surface area contributed by atoms with Gasteiger partial charge in [0.2, 0.25) is 0 Å². The largest absolute Gasteiger partial charge is 0.443 e. The van der Waals surface area contributed by atoms with Crippen LogP contribution in [0.1, 0.15) is 43.5 Å². The van der Waals surface area contributed by atoms with E-state index in [-0.39, 0.29) is 0 Å². The van der Waals surface area contributed by atoms with Crippen LogP contribution in [0.15, 0.2) is 54.6 Å². The SMILES string of the molecule is Cc1ccc(C[C@H]2OS(=O)(=O)N(C(=O)OC(C)(C)C)[C@H]2c2ccccc2)cc1. The third-order valence-corrected chi connectivity index (χ3v) is 5.71. The van der Waals surface area contributed by atoms with E-state index in [9.17, 15) is 13.2 Å². The number of ether oxygens (including phenoxy) is 1. The second-order valence-corrected chi connectivity index (χ2v) is 9.36. The van der Waals surface area contributed by atoms with Gasteiger partial charge in [0, 0.05) is 6.42 Å². The third kappa shape index (κ3) is 4.54. The summed E-state index contributed by atoms with van der Waals surface area (Å²) in [5.41, 5.74) is 1.88. The number of carbonyl (C=O) groups excluding carboxylic acids is 1. The van der Waals surface area contributed by atoms with Gasteiger partial charge in [-0.15, -0.1) is 0 Å². The highest BCUT2D eigenvalue weighted by atomic mass is 32.2. The first-order chi connectivity index (χ1) is 13.1. The third-order valence-electron chi connectivity index (χ3n) is 4.36. The molecule has 1 aliphatic rings. The zero-order chi connectivity index (χ0) is 20.5. The molecule has 1 saturated heterocycles. The first-order valence-corrected chi connectivity index (χ1v) is 10.5. The zero-order valence-electron chi connectivity index (χ0n) is 16.5. The minimum atomic E-state index is -4.27. The molecule has 0 saturated carbocycles. The van der Waals surface area contributed by atoms with Crippen LogP contribution < -0.4 is 0 Å². The molecule has 28 heavy (non-hydrogen) atoms. The van der Waals surface area contributed by atoms with Crippen molar-refractivity contribution in [3.63, 3.8) is 0 Å². The number of amides is 1. The van der Waals surface area contributed by atoms with E-state index in [1.165, 1.54) is 0 Å². The van der Waals surface area contributed by atoms with E-state index in [1.807, 2.05) is 37.3 Å². The lowest BCUT2D eigenvalue weighted by molar-refractivity contribution is 0.0333. The van der Waals surface area contributed by atoms with Crippen molar-refractivity contribution in [2.75, 3.05) is 0 Å². The second-order valence-electron chi connectivity index (χ2n) is 7.91. The minimum absolute atomic E-state index is 0.346. The Kier molecular flexibility index (Phi) is 5.50. The number of aryl methyl sites for hydroxylation is 1. The predicted molar refractivity (Wildman–Crippen MR) is 106 cm³/mol. The summed E-state index contributed by atoms with van der Waals surface area (Å²) in [7, 11) is -4.27. The number of carbonyl (C=O) groups is 1. The highest BCUT2D eigenvalue weighted by molar-refractivity contribution is 7.85. The second kappa shape index (κ2) is 7.56. The summed E-state index contributed by atoms with van der Waals surface area (Å²) in [4.78, 5) is 12.7. The Labute approximate surface area is 166 Å². The molecule has 3 rings (SSSR count). The Morgan fingerprint density at radius 3 is 2.25 bits per heavy atom. The lowest BCUT2D eigenvalue weighted by atomic mass is 9.96. The fourth-order valence-electron chi connectivity index (χ4n) is 3.16. The molecule has 0 spiro atoms. The first-order valence-electron chi connectivity index (χ1n) is 9.13. The number of hydrogen-bond acceptors (Lipinski definition) is 5. The quantitative estimate of drug-likeness (QED) is 0.769. The molecule has 2 atom stereocenters. The molecule has 1 heterocycles. The van der Waals surface area contributed by atoms with Crippen molar-refractivity contribution in [3.8, 4) is 0 Å². The van der Waals surface area contributed by atoms with Gasteiger partial charge in [-0.25, -0.2) is 8.98 Å². The van der Waals surface area contributed by atoms with Crippen molar-refractivity contribution in [1.82, 2.24) is 4.31 Å². The summed E-state index contributed by atoms with van der Waals surface area (Å²) in [5, 5.41) is 0. The minimum Gasteiger partial charge on any atom is -0.443 e. The van der Waals surface area contributed by atoms with E-state index in [2.05, 4.69) is 0 Å². The fourth-order valence-corrected chi connectivity index (χ4v) is 4.49. The Morgan fingerprint density at radius 1 is 1.07 bits per heavy atom. The maximum absolute atomic E-state index is 12.7. The van der Waals surface area contributed by atoms with E-state index < -0.39 is 34.1 Å². The van der Waals surface area contributed by atoms with Gasteiger partial charge in [0.15, 0.2) is 0 Å². The Bertz CT molecular complexity index is 933. The van der Waals surface area contributed by atoms with Crippen molar-refractivity contribution in [2.24, 2.45) is 0 Å². The predicted octanol–water partition coefficient (Wildman–Crippen LogP) is 4.16. The van der Waals surface area contributed by atoms with Crippen LogP contribution in [-0.2, 0) is 25.6 Å². The van der Waals surface area contributed by atoms with E-state index in [4.69, 9.17) is 8.92 Å². The molecular weight excluding hydrogens is 378 g/mol. The molecule has 1 aliphatic heterocycles. The van der Waals surface area contributed by atoms with Gasteiger partial charge < -0.3 is 4.74 Å². The number of hydrogen-bond donors (Lipinski definition) is 0. The van der Waals surface area contributed by atoms with Gasteiger partial charge in [0.1, 0.15) is 17.7 Å². The standard InChI is InChI=1S/C21H25NO5S/c1-15-10-12-16(13-11-15)14-18-19(17-8-6-5-7-9-17)22(28(24,25)27-18)20(23)26-21(2,3)4/h5-13,18-19H,14H2,1-4H3/t18-,19+/m1/s1. The van der Waals surface area contributed by atoms with Crippen LogP contribution in [0.2, 0.25) is 0 Å². The molecule has 0 N–H and O–H groups in total. The highest BCUT2D eigenvalue weighted by Gasteiger charge is 2.51. The number of rotatable bonds is 3. The van der Waals surface area contributed by atoms with E-state index >= 15 is 0 Å². The zero-order valence-corrected chi connectivity index (χ0v) is 17.3. The first kappa shape index (κ1) is 20.4. The maximum Gasteiger partial charge on any atom is 0.426 e. The van der Waals surface area contributed by atoms with Crippen molar-refractivity contribution in [1.29, 1.82) is 0 Å². The summed E-state index contributed by atoms with van der Waals surface area (Å²) in [6, 6.07) is 16.0. The van der Waals surface area contributed by atoms with Crippen molar-refractivity contribution >= 4 is 16.4 Å². The molecule has 0 bridgehead atoms. The van der Waals surface area contributed by atoms with Gasteiger partial charge in [-0.3, -0.25) is 0 Å². The highest BCUT2D eigenvalue weighted by Crippen LogP contribution is 2.39. The normalized spacial score (nSPS) is 21.5. The lowest BCUT2D eigenvalue weighted by Gasteiger charge is -2.27. The van der Waals surface area contributed by atoms with E-state index in [1.54, 1.807) is 45.0 Å². The fraction of sp³-hybridized carbons (Fsp3) is 0.381. The van der Waals surface area contributed by atoms with Gasteiger partial charge in [0.25, 0.3) is 0 Å². The molecule has 0 radical (unpaired) electrons. The van der Waals surface area contributed by atoms with Crippen LogP contribution in [0, 0.1) is 6.92 Å². The molecule has 7 heteroatoms. The van der Waals surface area contributed by atoms with Gasteiger partial charge in [-0.2, -0.15) is 12.7 Å². The van der Waals surface area contributed by atoms with Crippen LogP contribution in [-0.4, -0.2) is 30.5 Å². The smallest absolute Gasteiger partial charge is 0.426 e. The molecule has 0 aromatic heterocycles. The topological polar surface area (TPSA) is 72.9 Å². The molecule has 0 aliphatic carbocycles. The van der Waals surface area contributed by atoms with Gasteiger partial charge >= 0.3 is 16.4 Å². The van der Waals surface area contributed by atoms with E-state index in [0.717, 1.165) is 15.4 Å². The average Bonchev–Trinajstić information content (AvgIpc) is 2.86. The van der Waals surface area contributed by atoms with Gasteiger partial charge in [-0.05, 0) is 38.8 Å². The van der Waals surface area contributed by atoms with Crippen LogP contribution >= 0.6 is 0 Å². The van der Waals surface area contributed by atoms with Gasteiger partial charge in [-0.1, -0.05) is 60.2 Å².